The number of tetrazole rings is 1. The summed E-state index contributed by atoms with van der Waals surface area (Å²) < 4.78 is 15.3. The fraction of sp³-hybridized carbons (Fsp3) is 0.385. The lowest BCUT2D eigenvalue weighted by Gasteiger charge is -2.36. The Morgan fingerprint density at radius 2 is 2.05 bits per heavy atom. The summed E-state index contributed by atoms with van der Waals surface area (Å²) >= 11 is 0. The number of aromatic nitrogens is 7. The Labute approximate surface area is 218 Å². The van der Waals surface area contributed by atoms with E-state index in [0.29, 0.717) is 55.2 Å². The number of benzene rings is 1. The highest BCUT2D eigenvalue weighted by atomic mass is 16.5. The van der Waals surface area contributed by atoms with Crippen molar-refractivity contribution >= 4 is 17.3 Å². The number of imidazole rings is 1. The number of amides is 1. The lowest BCUT2D eigenvalue weighted by Crippen LogP contribution is -2.44. The number of rotatable bonds is 5. The molecule has 1 saturated heterocycles. The number of ether oxygens (including phenoxy) is 2. The number of nitrogens with zero attached hydrogens (tertiary/aromatic N) is 8. The van der Waals surface area contributed by atoms with E-state index in [1.807, 2.05) is 29.1 Å². The predicted octanol–water partition coefficient (Wildman–Crippen LogP) is 2.67. The molecule has 4 aromatic rings. The number of para-hydroxylation sites is 1. The molecule has 1 amide bonds. The van der Waals surface area contributed by atoms with Crippen molar-refractivity contribution in [1.29, 1.82) is 0 Å². The van der Waals surface area contributed by atoms with Crippen LogP contribution < -0.4 is 15.0 Å². The van der Waals surface area contributed by atoms with E-state index < -0.39 is 0 Å². The molecule has 12 heteroatoms. The van der Waals surface area contributed by atoms with E-state index in [1.165, 1.54) is 12.8 Å². The van der Waals surface area contributed by atoms with Gasteiger partial charge in [0.15, 0.2) is 11.6 Å². The highest BCUT2D eigenvalue weighted by Gasteiger charge is 2.28. The predicted molar refractivity (Wildman–Crippen MR) is 138 cm³/mol. The Kier molecular flexibility index (Phi) is 5.54. The number of carbonyl (C=O) groups excluding carboxylic acids is 1. The fourth-order valence-electron chi connectivity index (χ4n) is 5.07. The van der Waals surface area contributed by atoms with Gasteiger partial charge < -0.3 is 24.3 Å². The summed E-state index contributed by atoms with van der Waals surface area (Å²) in [5, 5.41) is 14.9. The van der Waals surface area contributed by atoms with Crippen molar-refractivity contribution in [2.75, 3.05) is 36.6 Å². The van der Waals surface area contributed by atoms with Gasteiger partial charge in [-0.05, 0) is 48.4 Å². The fourth-order valence-corrected chi connectivity index (χ4v) is 5.07. The molecule has 1 atom stereocenters. The third kappa shape index (κ3) is 4.06. The topological polar surface area (TPSA) is 125 Å². The van der Waals surface area contributed by atoms with Crippen LogP contribution in [-0.2, 0) is 11.3 Å². The van der Waals surface area contributed by atoms with Crippen LogP contribution in [0.4, 0.5) is 11.4 Å². The van der Waals surface area contributed by atoms with Gasteiger partial charge >= 0.3 is 0 Å². The molecule has 1 N–H and O–H groups in total. The molecule has 1 aliphatic carbocycles. The average molecular weight is 514 g/mol. The number of pyridine rings is 1. The number of anilines is 2. The van der Waals surface area contributed by atoms with E-state index in [0.717, 1.165) is 29.2 Å². The third-order valence-corrected chi connectivity index (χ3v) is 7.23. The summed E-state index contributed by atoms with van der Waals surface area (Å²) in [5.41, 5.74) is 4.45. The Balaban J connectivity index is 1.24. The molecule has 1 saturated carbocycles. The van der Waals surface area contributed by atoms with Gasteiger partial charge in [-0.25, -0.2) is 14.6 Å². The number of hydrogen-bond acceptors (Lipinski definition) is 9. The van der Waals surface area contributed by atoms with Gasteiger partial charge in [-0.1, -0.05) is 6.07 Å². The van der Waals surface area contributed by atoms with Crippen LogP contribution in [0.1, 0.15) is 41.9 Å². The Morgan fingerprint density at radius 3 is 2.92 bits per heavy atom. The number of fused-ring (bicyclic) bond motifs is 3. The van der Waals surface area contributed by atoms with Crippen LogP contribution in [0.15, 0.2) is 43.0 Å². The number of nitrogens with one attached hydrogen (secondary N) is 1. The maximum absolute atomic E-state index is 13.5. The molecular weight excluding hydrogens is 486 g/mol. The highest BCUT2D eigenvalue weighted by Crippen LogP contribution is 2.40. The van der Waals surface area contributed by atoms with Gasteiger partial charge in [-0.15, -0.1) is 5.10 Å². The normalized spacial score (nSPS) is 18.8. The minimum Gasteiger partial charge on any atom is -0.489 e. The second kappa shape index (κ2) is 9.21. The minimum absolute atomic E-state index is 0.184. The highest BCUT2D eigenvalue weighted by molar-refractivity contribution is 6.05. The standard InChI is InChI=1S/C26H27N9O3/c1-16-14-37-9-7-34(16)23-12-27-20(11-22(23)33-13-21(28-15-33)17-5-6-17)26(36)29-19-4-2-3-18-24(19)38-10-8-35-25(18)30-31-32-35/h2-4,11-13,15-17H,5-10,14H2,1H3,(H,29,36)/t16-/m0/s1. The smallest absolute Gasteiger partial charge is 0.274 e. The van der Waals surface area contributed by atoms with Crippen LogP contribution >= 0.6 is 0 Å². The molecule has 2 aliphatic heterocycles. The first-order chi connectivity index (χ1) is 18.7. The van der Waals surface area contributed by atoms with Crippen molar-refractivity contribution < 1.29 is 14.3 Å². The van der Waals surface area contributed by atoms with Crippen molar-refractivity contribution in [3.8, 4) is 22.8 Å². The van der Waals surface area contributed by atoms with E-state index in [2.05, 4.69) is 48.8 Å². The summed E-state index contributed by atoms with van der Waals surface area (Å²) in [6.07, 6.45) is 8.01. The lowest BCUT2D eigenvalue weighted by molar-refractivity contribution is 0.0988. The van der Waals surface area contributed by atoms with Gasteiger partial charge in [0.25, 0.3) is 5.91 Å². The second-order valence-electron chi connectivity index (χ2n) is 9.87. The lowest BCUT2D eigenvalue weighted by atomic mass is 10.1. The molecule has 12 nitrogen and oxygen atoms in total. The summed E-state index contributed by atoms with van der Waals surface area (Å²) in [6, 6.07) is 7.54. The Bertz CT molecular complexity index is 1510. The summed E-state index contributed by atoms with van der Waals surface area (Å²) in [5.74, 6) is 1.33. The SMILES string of the molecule is C[C@H]1COCCN1c1cnc(C(=O)Nc2cccc3c2OCCn2nnnc2-3)cc1-n1cnc(C2CC2)c1. The largest absolute Gasteiger partial charge is 0.489 e. The number of morpholine rings is 1. The van der Waals surface area contributed by atoms with Gasteiger partial charge in [0, 0.05) is 24.7 Å². The summed E-state index contributed by atoms with van der Waals surface area (Å²) in [4.78, 5) is 25.0. The maximum atomic E-state index is 13.5. The molecule has 3 aromatic heterocycles. The second-order valence-corrected chi connectivity index (χ2v) is 9.87. The van der Waals surface area contributed by atoms with E-state index in [9.17, 15) is 4.79 Å². The first kappa shape index (κ1) is 22.8. The summed E-state index contributed by atoms with van der Waals surface area (Å²) in [6.45, 7) is 5.07. The van der Waals surface area contributed by atoms with Crippen molar-refractivity contribution in [3.05, 3.63) is 54.4 Å². The molecule has 0 spiro atoms. The van der Waals surface area contributed by atoms with Crippen molar-refractivity contribution in [2.24, 2.45) is 0 Å². The van der Waals surface area contributed by atoms with Crippen molar-refractivity contribution in [2.45, 2.75) is 38.3 Å². The molecule has 0 bridgehead atoms. The number of carbonyl (C=O) groups is 1. The zero-order valence-corrected chi connectivity index (χ0v) is 20.9. The maximum Gasteiger partial charge on any atom is 0.274 e. The van der Waals surface area contributed by atoms with E-state index in [1.54, 1.807) is 16.9 Å². The average Bonchev–Trinajstić information content (AvgIpc) is 3.54. The molecule has 2 fully saturated rings. The van der Waals surface area contributed by atoms with Gasteiger partial charge in [0.05, 0.1) is 60.6 Å². The van der Waals surface area contributed by atoms with E-state index in [4.69, 9.17) is 9.47 Å². The molecule has 1 aromatic carbocycles. The van der Waals surface area contributed by atoms with Gasteiger partial charge in [-0.2, -0.15) is 0 Å². The molecule has 5 heterocycles. The zero-order valence-electron chi connectivity index (χ0n) is 20.9. The monoisotopic (exact) mass is 513 g/mol. The van der Waals surface area contributed by atoms with E-state index >= 15 is 0 Å². The summed E-state index contributed by atoms with van der Waals surface area (Å²) in [7, 11) is 0. The molecular formula is C26H27N9O3. The minimum atomic E-state index is -0.337. The molecule has 194 valence electrons. The third-order valence-electron chi connectivity index (χ3n) is 7.23. The Morgan fingerprint density at radius 1 is 1.13 bits per heavy atom. The Hall–Kier alpha value is -4.32. The molecule has 7 rings (SSSR count). The van der Waals surface area contributed by atoms with E-state index in [-0.39, 0.29) is 11.9 Å². The first-order valence-corrected chi connectivity index (χ1v) is 12.9. The van der Waals surface area contributed by atoms with Crippen LogP contribution in [0.25, 0.3) is 17.1 Å². The zero-order chi connectivity index (χ0) is 25.6. The van der Waals surface area contributed by atoms with Crippen molar-refractivity contribution in [1.82, 2.24) is 34.7 Å². The van der Waals surface area contributed by atoms with Gasteiger partial charge in [-0.3, -0.25) is 4.79 Å². The quantitative estimate of drug-likeness (QED) is 0.429. The first-order valence-electron chi connectivity index (χ1n) is 12.9. The van der Waals surface area contributed by atoms with Crippen LogP contribution in [0.5, 0.6) is 5.75 Å². The molecule has 3 aliphatic rings. The molecule has 38 heavy (non-hydrogen) atoms. The van der Waals surface area contributed by atoms with Gasteiger partial charge in [0.1, 0.15) is 12.3 Å². The van der Waals surface area contributed by atoms with Gasteiger partial charge in [0.2, 0.25) is 0 Å². The molecule has 0 unspecified atom stereocenters. The van der Waals surface area contributed by atoms with Crippen LogP contribution in [-0.4, -0.2) is 73.1 Å². The van der Waals surface area contributed by atoms with Crippen LogP contribution in [0, 0.1) is 0 Å². The van der Waals surface area contributed by atoms with Crippen LogP contribution in [0.2, 0.25) is 0 Å². The van der Waals surface area contributed by atoms with Crippen LogP contribution in [0.3, 0.4) is 0 Å². The number of hydrogen-bond donors (Lipinski definition) is 1. The molecule has 0 radical (unpaired) electrons. The van der Waals surface area contributed by atoms with Crippen molar-refractivity contribution in [3.63, 3.8) is 0 Å².